The lowest BCUT2D eigenvalue weighted by Crippen LogP contribution is -2.25. The van der Waals surface area contributed by atoms with Crippen molar-refractivity contribution in [3.05, 3.63) is 21.7 Å². The molecule has 0 radical (unpaired) electrons. The summed E-state index contributed by atoms with van der Waals surface area (Å²) in [5.74, 6) is 2.10. The van der Waals surface area contributed by atoms with Gasteiger partial charge in [0, 0.05) is 5.92 Å². The Morgan fingerprint density at radius 2 is 2.24 bits per heavy atom. The number of aromatic amines is 1. The van der Waals surface area contributed by atoms with Gasteiger partial charge in [0.15, 0.2) is 0 Å². The van der Waals surface area contributed by atoms with Crippen molar-refractivity contribution in [1.82, 2.24) is 9.97 Å². The van der Waals surface area contributed by atoms with E-state index in [9.17, 15) is 9.59 Å². The number of H-pyrrole nitrogens is 1. The molecular formula is C15H21N3O3. The maximum absolute atomic E-state index is 12.2. The lowest BCUT2D eigenvalue weighted by Gasteiger charge is -2.21. The molecule has 1 aromatic heterocycles. The van der Waals surface area contributed by atoms with Gasteiger partial charge in [-0.25, -0.2) is 4.98 Å². The van der Waals surface area contributed by atoms with E-state index in [-0.39, 0.29) is 30.0 Å². The number of rotatable bonds is 4. The third-order valence-electron chi connectivity index (χ3n) is 4.78. The minimum Gasteiger partial charge on any atom is -0.466 e. The number of fused-ring (bicyclic) bond motifs is 2. The van der Waals surface area contributed by atoms with Crippen LogP contribution in [0.4, 0.5) is 5.82 Å². The Morgan fingerprint density at radius 3 is 2.81 bits per heavy atom. The summed E-state index contributed by atoms with van der Waals surface area (Å²) < 4.78 is 4.85. The molecule has 1 heterocycles. The van der Waals surface area contributed by atoms with Crippen LogP contribution in [0.15, 0.2) is 4.79 Å². The van der Waals surface area contributed by atoms with Crippen molar-refractivity contribution in [3.8, 4) is 0 Å². The van der Waals surface area contributed by atoms with Crippen LogP contribution in [0.2, 0.25) is 0 Å². The average molecular weight is 291 g/mol. The summed E-state index contributed by atoms with van der Waals surface area (Å²) in [6.45, 7) is 2.01. The number of nitrogens with zero attached hydrogens (tertiary/aromatic N) is 1. The van der Waals surface area contributed by atoms with Crippen molar-refractivity contribution in [2.75, 3.05) is 12.3 Å². The fourth-order valence-corrected chi connectivity index (χ4v) is 3.82. The molecule has 0 spiro atoms. The van der Waals surface area contributed by atoms with Crippen LogP contribution in [0, 0.1) is 11.8 Å². The second-order valence-corrected chi connectivity index (χ2v) is 6.08. The first kappa shape index (κ1) is 14.1. The van der Waals surface area contributed by atoms with Crippen molar-refractivity contribution in [2.24, 2.45) is 11.8 Å². The van der Waals surface area contributed by atoms with Crippen LogP contribution < -0.4 is 11.3 Å². The number of nitrogens with one attached hydrogen (secondary N) is 1. The lowest BCUT2D eigenvalue weighted by atomic mass is 9.88. The van der Waals surface area contributed by atoms with Crippen LogP contribution in [0.5, 0.6) is 0 Å². The number of carbonyl (C=O) groups is 1. The largest absolute Gasteiger partial charge is 0.466 e. The van der Waals surface area contributed by atoms with Gasteiger partial charge in [-0.2, -0.15) is 0 Å². The highest BCUT2D eigenvalue weighted by molar-refractivity contribution is 5.74. The molecule has 6 nitrogen and oxygen atoms in total. The second kappa shape index (κ2) is 5.50. The molecule has 6 heteroatoms. The Kier molecular flexibility index (Phi) is 3.69. The van der Waals surface area contributed by atoms with E-state index in [1.807, 2.05) is 0 Å². The van der Waals surface area contributed by atoms with Gasteiger partial charge in [-0.15, -0.1) is 0 Å². The maximum atomic E-state index is 12.2. The topological polar surface area (TPSA) is 98.1 Å². The van der Waals surface area contributed by atoms with Crippen molar-refractivity contribution in [3.63, 3.8) is 0 Å². The number of hydrogen-bond acceptors (Lipinski definition) is 5. The molecule has 2 bridgehead atoms. The molecule has 2 aliphatic carbocycles. The molecule has 0 aromatic carbocycles. The zero-order valence-electron chi connectivity index (χ0n) is 12.2. The highest BCUT2D eigenvalue weighted by Gasteiger charge is 2.41. The molecule has 21 heavy (non-hydrogen) atoms. The number of ether oxygens (including phenoxy) is 1. The van der Waals surface area contributed by atoms with E-state index in [2.05, 4.69) is 9.97 Å². The Bertz CT molecular complexity index is 611. The Morgan fingerprint density at radius 1 is 1.43 bits per heavy atom. The highest BCUT2D eigenvalue weighted by atomic mass is 16.5. The van der Waals surface area contributed by atoms with E-state index in [4.69, 9.17) is 10.5 Å². The first-order valence-electron chi connectivity index (χ1n) is 7.62. The quantitative estimate of drug-likeness (QED) is 0.816. The van der Waals surface area contributed by atoms with Gasteiger partial charge >= 0.3 is 5.97 Å². The third kappa shape index (κ3) is 2.66. The summed E-state index contributed by atoms with van der Waals surface area (Å²) in [6, 6.07) is 0. The number of anilines is 1. The molecule has 3 N–H and O–H groups in total. The summed E-state index contributed by atoms with van der Waals surface area (Å²) in [7, 11) is 0. The van der Waals surface area contributed by atoms with E-state index >= 15 is 0 Å². The molecule has 3 unspecified atom stereocenters. The van der Waals surface area contributed by atoms with Gasteiger partial charge in [0.1, 0.15) is 11.6 Å². The summed E-state index contributed by atoms with van der Waals surface area (Å²) >= 11 is 0. The van der Waals surface area contributed by atoms with Crippen molar-refractivity contribution < 1.29 is 9.53 Å². The van der Waals surface area contributed by atoms with Crippen LogP contribution in [0.25, 0.3) is 0 Å². The van der Waals surface area contributed by atoms with Gasteiger partial charge in [0.05, 0.1) is 18.6 Å². The van der Waals surface area contributed by atoms with Crippen LogP contribution in [0.1, 0.15) is 49.9 Å². The number of hydrogen-bond donors (Lipinski definition) is 2. The van der Waals surface area contributed by atoms with Gasteiger partial charge in [-0.3, -0.25) is 9.59 Å². The third-order valence-corrected chi connectivity index (χ3v) is 4.78. The first-order chi connectivity index (χ1) is 10.1. The molecular weight excluding hydrogens is 270 g/mol. The predicted molar refractivity (Wildman–Crippen MR) is 77.8 cm³/mol. The molecule has 0 amide bonds. The minimum absolute atomic E-state index is 0.126. The van der Waals surface area contributed by atoms with Crippen molar-refractivity contribution in [1.29, 1.82) is 0 Å². The molecule has 3 rings (SSSR count). The predicted octanol–water partition coefficient (Wildman–Crippen LogP) is 1.36. The highest BCUT2D eigenvalue weighted by Crippen LogP contribution is 2.51. The van der Waals surface area contributed by atoms with E-state index < -0.39 is 5.97 Å². The van der Waals surface area contributed by atoms with Gasteiger partial charge in [0.25, 0.3) is 5.56 Å². The molecule has 0 saturated heterocycles. The number of esters is 1. The fraction of sp³-hybridized carbons (Fsp3) is 0.667. The Balaban J connectivity index is 1.83. The monoisotopic (exact) mass is 291 g/mol. The SMILES string of the molecule is CCOC(=O)Cc1c(N)nc(C2CC3CCC2C3)[nH]c1=O. The summed E-state index contributed by atoms with van der Waals surface area (Å²) in [5, 5.41) is 0. The Hall–Kier alpha value is -1.85. The number of aromatic nitrogens is 2. The fourth-order valence-electron chi connectivity index (χ4n) is 3.82. The summed E-state index contributed by atoms with van der Waals surface area (Å²) in [4.78, 5) is 30.9. The molecule has 2 fully saturated rings. The number of carbonyl (C=O) groups excluding carboxylic acids is 1. The zero-order valence-corrected chi connectivity index (χ0v) is 12.2. The molecule has 0 aliphatic heterocycles. The summed E-state index contributed by atoms with van der Waals surface area (Å²) in [5.41, 5.74) is 5.79. The van der Waals surface area contributed by atoms with Gasteiger partial charge < -0.3 is 15.5 Å². The van der Waals surface area contributed by atoms with E-state index in [0.29, 0.717) is 17.7 Å². The van der Waals surface area contributed by atoms with Crippen molar-refractivity contribution in [2.45, 2.75) is 44.9 Å². The smallest absolute Gasteiger partial charge is 0.310 e. The van der Waals surface area contributed by atoms with Gasteiger partial charge in [-0.1, -0.05) is 6.42 Å². The molecule has 2 aliphatic rings. The average Bonchev–Trinajstić information content (AvgIpc) is 3.05. The second-order valence-electron chi connectivity index (χ2n) is 6.08. The van der Waals surface area contributed by atoms with Crippen LogP contribution >= 0.6 is 0 Å². The summed E-state index contributed by atoms with van der Waals surface area (Å²) in [6.07, 6.45) is 4.70. The number of nitrogens with two attached hydrogens (primary N) is 1. The first-order valence-corrected chi connectivity index (χ1v) is 7.62. The van der Waals surface area contributed by atoms with Gasteiger partial charge in [-0.05, 0) is 38.0 Å². The van der Waals surface area contributed by atoms with E-state index in [0.717, 1.165) is 12.3 Å². The van der Waals surface area contributed by atoms with Gasteiger partial charge in [0.2, 0.25) is 0 Å². The molecule has 114 valence electrons. The molecule has 1 aromatic rings. The zero-order chi connectivity index (χ0) is 15.0. The maximum Gasteiger partial charge on any atom is 0.310 e. The van der Waals surface area contributed by atoms with E-state index in [1.54, 1.807) is 6.92 Å². The normalized spacial score (nSPS) is 27.0. The Labute approximate surface area is 123 Å². The minimum atomic E-state index is -0.454. The number of nitrogen functional groups attached to an aromatic ring is 1. The molecule has 2 saturated carbocycles. The van der Waals surface area contributed by atoms with Crippen LogP contribution in [-0.2, 0) is 16.0 Å². The molecule has 3 atom stereocenters. The van der Waals surface area contributed by atoms with Crippen LogP contribution in [0.3, 0.4) is 0 Å². The van der Waals surface area contributed by atoms with Crippen molar-refractivity contribution >= 4 is 11.8 Å². The van der Waals surface area contributed by atoms with Crippen LogP contribution in [-0.4, -0.2) is 22.5 Å². The standard InChI is InChI=1S/C15H21N3O3/c1-2-21-12(19)7-11-13(16)17-14(18-15(11)20)10-6-8-3-4-9(10)5-8/h8-10H,2-7H2,1H3,(H3,16,17,18,20). The lowest BCUT2D eigenvalue weighted by molar-refractivity contribution is -0.142. The van der Waals surface area contributed by atoms with E-state index in [1.165, 1.54) is 19.3 Å².